The molecule has 0 atom stereocenters. The molecule has 2 aromatic carbocycles. The Hall–Kier alpha value is -3.14. The Morgan fingerprint density at radius 3 is 2.48 bits per heavy atom. The van der Waals surface area contributed by atoms with Gasteiger partial charge in [0.25, 0.3) is 5.91 Å². The Kier molecular flexibility index (Phi) is 5.09. The van der Waals surface area contributed by atoms with Crippen LogP contribution in [-0.2, 0) is 6.54 Å². The number of rotatable bonds is 5. The summed E-state index contributed by atoms with van der Waals surface area (Å²) >= 11 is 0. The van der Waals surface area contributed by atoms with Crippen LogP contribution in [0.2, 0.25) is 0 Å². The lowest BCUT2D eigenvalue weighted by atomic mass is 10.1. The van der Waals surface area contributed by atoms with Crippen LogP contribution in [0.3, 0.4) is 0 Å². The molecule has 0 saturated carbocycles. The molecular weight excluding hydrogens is 310 g/mol. The molecule has 0 aliphatic heterocycles. The average molecular weight is 331 g/mol. The number of aromatic nitrogens is 1. The van der Waals surface area contributed by atoms with Gasteiger partial charge in [0.05, 0.1) is 11.9 Å². The van der Waals surface area contributed by atoms with E-state index in [9.17, 15) is 4.79 Å². The number of carbonyl (C=O) groups is 1. The maximum atomic E-state index is 12.2. The highest BCUT2D eigenvalue weighted by atomic mass is 16.1. The molecule has 4 nitrogen and oxygen atoms in total. The van der Waals surface area contributed by atoms with Crippen LogP contribution in [-0.4, -0.2) is 10.9 Å². The van der Waals surface area contributed by atoms with Gasteiger partial charge in [0, 0.05) is 12.2 Å². The predicted octanol–water partition coefficient (Wildman–Crippen LogP) is 4.37. The molecule has 0 spiro atoms. The zero-order valence-corrected chi connectivity index (χ0v) is 14.4. The van der Waals surface area contributed by atoms with Gasteiger partial charge in [-0.2, -0.15) is 0 Å². The molecule has 3 rings (SSSR count). The van der Waals surface area contributed by atoms with E-state index >= 15 is 0 Å². The zero-order valence-electron chi connectivity index (χ0n) is 14.4. The Morgan fingerprint density at radius 2 is 1.80 bits per heavy atom. The summed E-state index contributed by atoms with van der Waals surface area (Å²) in [6.07, 6.45) is 1.68. The molecule has 25 heavy (non-hydrogen) atoms. The van der Waals surface area contributed by atoms with Gasteiger partial charge in [0.2, 0.25) is 0 Å². The predicted molar refractivity (Wildman–Crippen MR) is 101 cm³/mol. The SMILES string of the molecule is Cc1ccc(Nc2ccc(C(=O)NCc3ccccc3)nc2)c(C)c1. The number of hydrogen-bond acceptors (Lipinski definition) is 3. The third kappa shape index (κ3) is 4.44. The highest BCUT2D eigenvalue weighted by Gasteiger charge is 2.07. The first-order chi connectivity index (χ1) is 12.1. The van der Waals surface area contributed by atoms with E-state index < -0.39 is 0 Å². The minimum atomic E-state index is -0.179. The van der Waals surface area contributed by atoms with E-state index in [0.717, 1.165) is 16.9 Å². The van der Waals surface area contributed by atoms with Gasteiger partial charge < -0.3 is 10.6 Å². The summed E-state index contributed by atoms with van der Waals surface area (Å²) in [6, 6.07) is 19.6. The lowest BCUT2D eigenvalue weighted by Gasteiger charge is -2.10. The lowest BCUT2D eigenvalue weighted by Crippen LogP contribution is -2.23. The van der Waals surface area contributed by atoms with Crippen molar-refractivity contribution in [3.8, 4) is 0 Å². The van der Waals surface area contributed by atoms with Crippen LogP contribution >= 0.6 is 0 Å². The molecule has 2 N–H and O–H groups in total. The smallest absolute Gasteiger partial charge is 0.270 e. The number of aryl methyl sites for hydroxylation is 2. The molecule has 0 bridgehead atoms. The third-order valence-electron chi connectivity index (χ3n) is 3.95. The standard InChI is InChI=1S/C21H21N3O/c1-15-8-10-19(16(2)12-15)24-18-9-11-20(22-14-18)21(25)23-13-17-6-4-3-5-7-17/h3-12,14,24H,13H2,1-2H3,(H,23,25). The van der Waals surface area contributed by atoms with E-state index in [1.54, 1.807) is 12.3 Å². The van der Waals surface area contributed by atoms with Crippen molar-refractivity contribution >= 4 is 17.3 Å². The Bertz CT molecular complexity index is 858. The largest absolute Gasteiger partial charge is 0.354 e. The normalized spacial score (nSPS) is 10.3. The zero-order chi connectivity index (χ0) is 17.6. The molecule has 1 amide bonds. The van der Waals surface area contributed by atoms with Crippen molar-refractivity contribution in [1.82, 2.24) is 10.3 Å². The van der Waals surface area contributed by atoms with Crippen LogP contribution in [0.5, 0.6) is 0 Å². The minimum Gasteiger partial charge on any atom is -0.354 e. The maximum absolute atomic E-state index is 12.2. The van der Waals surface area contributed by atoms with Crippen molar-refractivity contribution in [2.24, 2.45) is 0 Å². The van der Waals surface area contributed by atoms with Gasteiger partial charge in [-0.3, -0.25) is 4.79 Å². The topological polar surface area (TPSA) is 54.0 Å². The van der Waals surface area contributed by atoms with Crippen molar-refractivity contribution in [3.05, 3.63) is 89.2 Å². The first-order valence-electron chi connectivity index (χ1n) is 8.24. The Labute approximate surface area is 147 Å². The van der Waals surface area contributed by atoms with Gasteiger partial charge in [-0.15, -0.1) is 0 Å². The first-order valence-corrected chi connectivity index (χ1v) is 8.24. The first kappa shape index (κ1) is 16.7. The van der Waals surface area contributed by atoms with Gasteiger partial charge in [-0.25, -0.2) is 4.98 Å². The second-order valence-corrected chi connectivity index (χ2v) is 6.04. The molecule has 126 valence electrons. The van der Waals surface area contributed by atoms with Gasteiger partial charge in [-0.05, 0) is 43.2 Å². The van der Waals surface area contributed by atoms with Crippen molar-refractivity contribution in [2.75, 3.05) is 5.32 Å². The number of nitrogens with one attached hydrogen (secondary N) is 2. The summed E-state index contributed by atoms with van der Waals surface area (Å²) in [5.74, 6) is -0.179. The molecule has 0 radical (unpaired) electrons. The Balaban J connectivity index is 1.62. The second-order valence-electron chi connectivity index (χ2n) is 6.04. The number of carbonyl (C=O) groups excluding carboxylic acids is 1. The van der Waals surface area contributed by atoms with Crippen molar-refractivity contribution < 1.29 is 4.79 Å². The average Bonchev–Trinajstić information content (AvgIpc) is 2.63. The number of amides is 1. The monoisotopic (exact) mass is 331 g/mol. The second kappa shape index (κ2) is 7.62. The summed E-state index contributed by atoms with van der Waals surface area (Å²) in [4.78, 5) is 16.4. The van der Waals surface area contributed by atoms with E-state index in [2.05, 4.69) is 41.6 Å². The minimum absolute atomic E-state index is 0.179. The van der Waals surface area contributed by atoms with Crippen molar-refractivity contribution in [2.45, 2.75) is 20.4 Å². The van der Waals surface area contributed by atoms with Crippen LogP contribution in [0, 0.1) is 13.8 Å². The van der Waals surface area contributed by atoms with Gasteiger partial charge in [-0.1, -0.05) is 48.0 Å². The fourth-order valence-electron chi connectivity index (χ4n) is 2.58. The van der Waals surface area contributed by atoms with E-state index in [4.69, 9.17) is 0 Å². The lowest BCUT2D eigenvalue weighted by molar-refractivity contribution is 0.0946. The third-order valence-corrected chi connectivity index (χ3v) is 3.95. The summed E-state index contributed by atoms with van der Waals surface area (Å²) in [6.45, 7) is 4.62. The molecule has 0 fully saturated rings. The molecule has 0 aliphatic rings. The van der Waals surface area contributed by atoms with Gasteiger partial charge in [0.1, 0.15) is 5.69 Å². The molecule has 1 heterocycles. The fourth-order valence-corrected chi connectivity index (χ4v) is 2.58. The van der Waals surface area contributed by atoms with Crippen LogP contribution in [0.1, 0.15) is 27.2 Å². The van der Waals surface area contributed by atoms with E-state index in [1.165, 1.54) is 11.1 Å². The summed E-state index contributed by atoms with van der Waals surface area (Å²) in [5.41, 5.74) is 5.75. The number of pyridine rings is 1. The molecule has 0 saturated heterocycles. The number of nitrogens with zero attached hydrogens (tertiary/aromatic N) is 1. The highest BCUT2D eigenvalue weighted by Crippen LogP contribution is 2.21. The molecular formula is C21H21N3O. The van der Waals surface area contributed by atoms with Crippen molar-refractivity contribution in [3.63, 3.8) is 0 Å². The fraction of sp³-hybridized carbons (Fsp3) is 0.143. The van der Waals surface area contributed by atoms with Crippen LogP contribution < -0.4 is 10.6 Å². The highest BCUT2D eigenvalue weighted by molar-refractivity contribution is 5.92. The van der Waals surface area contributed by atoms with Crippen LogP contribution in [0.4, 0.5) is 11.4 Å². The number of benzene rings is 2. The number of hydrogen-bond donors (Lipinski definition) is 2. The Morgan fingerprint density at radius 1 is 1.00 bits per heavy atom. The van der Waals surface area contributed by atoms with E-state index in [0.29, 0.717) is 12.2 Å². The number of anilines is 2. The summed E-state index contributed by atoms with van der Waals surface area (Å²) in [7, 11) is 0. The van der Waals surface area contributed by atoms with Gasteiger partial charge in [0.15, 0.2) is 0 Å². The van der Waals surface area contributed by atoms with Crippen LogP contribution in [0.15, 0.2) is 66.9 Å². The summed E-state index contributed by atoms with van der Waals surface area (Å²) in [5, 5.41) is 6.21. The van der Waals surface area contributed by atoms with Crippen molar-refractivity contribution in [1.29, 1.82) is 0 Å². The maximum Gasteiger partial charge on any atom is 0.270 e. The molecule has 1 aromatic heterocycles. The summed E-state index contributed by atoms with van der Waals surface area (Å²) < 4.78 is 0. The van der Waals surface area contributed by atoms with E-state index in [1.807, 2.05) is 42.5 Å². The molecule has 0 aliphatic carbocycles. The molecule has 3 aromatic rings. The molecule has 0 unspecified atom stereocenters. The van der Waals surface area contributed by atoms with Gasteiger partial charge >= 0.3 is 0 Å². The van der Waals surface area contributed by atoms with E-state index in [-0.39, 0.29) is 5.91 Å². The quantitative estimate of drug-likeness (QED) is 0.730. The van der Waals surface area contributed by atoms with Crippen LogP contribution in [0.25, 0.3) is 0 Å². The molecule has 4 heteroatoms.